The highest BCUT2D eigenvalue weighted by atomic mass is 19.1. The molecule has 66 heavy (non-hydrogen) atoms. The second-order valence-electron chi connectivity index (χ2n) is 19.0. The second kappa shape index (κ2) is 18.4. The molecule has 5 atom stereocenters. The van der Waals surface area contributed by atoms with Crippen LogP contribution in [-0.2, 0) is 14.3 Å². The van der Waals surface area contributed by atoms with Crippen LogP contribution >= 0.6 is 0 Å². The lowest BCUT2D eigenvalue weighted by Gasteiger charge is -2.35. The van der Waals surface area contributed by atoms with Crippen LogP contribution in [0, 0.1) is 41.5 Å². The Morgan fingerprint density at radius 1 is 0.682 bits per heavy atom. The number of anilines is 2. The first-order chi connectivity index (χ1) is 31.7. The largest absolute Gasteiger partial charge is 0.453 e. The van der Waals surface area contributed by atoms with E-state index in [0.717, 1.165) is 25.7 Å². The van der Waals surface area contributed by atoms with Crippen molar-refractivity contribution in [2.75, 3.05) is 43.1 Å². The molecule has 0 bridgehead atoms. The number of nitrogens with zero attached hydrogens (tertiary/aromatic N) is 6. The fraction of sp³-hybridized carbons (Fsp3) is 0.510. The van der Waals surface area contributed by atoms with Gasteiger partial charge in [0, 0.05) is 43.0 Å². The van der Waals surface area contributed by atoms with E-state index in [2.05, 4.69) is 15.3 Å². The number of halogens is 4. The van der Waals surface area contributed by atoms with E-state index >= 15 is 17.6 Å². The Morgan fingerprint density at radius 3 is 1.73 bits per heavy atom. The Balaban J connectivity index is 1.08. The molecule has 9 rings (SSSR count). The van der Waals surface area contributed by atoms with E-state index < -0.39 is 53.5 Å². The number of H-pyrrole nitrogens is 2. The van der Waals surface area contributed by atoms with Gasteiger partial charge in [-0.3, -0.25) is 9.59 Å². The van der Waals surface area contributed by atoms with Crippen molar-refractivity contribution in [3.8, 4) is 0 Å². The highest BCUT2D eigenvalue weighted by Gasteiger charge is 2.41. The number of likely N-dealkylation sites (tertiary alicyclic amines) is 2. The van der Waals surface area contributed by atoms with Crippen molar-refractivity contribution in [2.24, 2.45) is 11.8 Å². The molecule has 4 aliphatic heterocycles. The van der Waals surface area contributed by atoms with Crippen LogP contribution in [0.3, 0.4) is 0 Å². The lowest BCUT2D eigenvalue weighted by Crippen LogP contribution is -2.51. The number of alkyl carbamates (subject to hydrolysis) is 1. The minimum atomic E-state index is -0.835. The molecule has 4 saturated heterocycles. The number of amides is 3. The number of nitrogens with one attached hydrogen (secondary N) is 3. The molecular weight excluding hydrogens is 855 g/mol. The minimum Gasteiger partial charge on any atom is -0.453 e. The average molecular weight is 913 g/mol. The van der Waals surface area contributed by atoms with Crippen LogP contribution in [0.2, 0.25) is 0 Å². The van der Waals surface area contributed by atoms with E-state index in [1.165, 1.54) is 31.4 Å². The van der Waals surface area contributed by atoms with Gasteiger partial charge >= 0.3 is 6.09 Å². The number of aromatic nitrogens is 4. The number of hydrogen-bond donors (Lipinski definition) is 3. The summed E-state index contributed by atoms with van der Waals surface area (Å²) in [5.41, 5.74) is 2.26. The summed E-state index contributed by atoms with van der Waals surface area (Å²) < 4.78 is 70.8. The number of ether oxygens (including phenoxy) is 1. The molecule has 2 aromatic heterocycles. The molecule has 13 nitrogen and oxygen atoms in total. The summed E-state index contributed by atoms with van der Waals surface area (Å²) in [6.07, 6.45) is 6.99. The van der Waals surface area contributed by atoms with Crippen molar-refractivity contribution in [3.05, 3.63) is 88.9 Å². The van der Waals surface area contributed by atoms with Gasteiger partial charge in [-0.05, 0) is 106 Å². The first-order valence-electron chi connectivity index (χ1n) is 23.4. The van der Waals surface area contributed by atoms with Crippen molar-refractivity contribution in [1.82, 2.24) is 35.1 Å². The molecule has 3 aromatic carbocycles. The zero-order valence-corrected chi connectivity index (χ0v) is 38.1. The van der Waals surface area contributed by atoms with Crippen LogP contribution in [0.5, 0.6) is 0 Å². The van der Waals surface area contributed by atoms with Gasteiger partial charge in [0.15, 0.2) is 11.6 Å². The predicted molar refractivity (Wildman–Crippen MR) is 242 cm³/mol. The van der Waals surface area contributed by atoms with Gasteiger partial charge in [0.05, 0.1) is 59.8 Å². The maximum atomic E-state index is 16.7. The van der Waals surface area contributed by atoms with Crippen LogP contribution in [0.15, 0.2) is 36.4 Å². The van der Waals surface area contributed by atoms with E-state index in [4.69, 9.17) is 14.7 Å². The zero-order valence-electron chi connectivity index (χ0n) is 38.1. The van der Waals surface area contributed by atoms with E-state index in [9.17, 15) is 14.4 Å². The number of hydrogen-bond acceptors (Lipinski definition) is 8. The molecule has 0 saturated carbocycles. The monoisotopic (exact) mass is 912 g/mol. The fourth-order valence-corrected chi connectivity index (χ4v) is 10.8. The maximum absolute atomic E-state index is 16.7. The molecule has 3 N–H and O–H groups in total. The minimum absolute atomic E-state index is 0.0707. The van der Waals surface area contributed by atoms with E-state index in [1.807, 2.05) is 27.7 Å². The topological polar surface area (TPSA) is 143 Å². The highest BCUT2D eigenvalue weighted by Crippen LogP contribution is 2.50. The Kier molecular flexibility index (Phi) is 12.6. The summed E-state index contributed by atoms with van der Waals surface area (Å²) in [6.45, 7) is 9.63. The molecular formula is C49H58F4N9O4. The molecule has 6 heterocycles. The van der Waals surface area contributed by atoms with Crippen LogP contribution in [0.1, 0.15) is 132 Å². The Bertz CT molecular complexity index is 2620. The normalized spacial score (nSPS) is 21.9. The number of imidazole rings is 2. The second-order valence-corrected chi connectivity index (χ2v) is 19.0. The molecule has 1 radical (unpaired) electrons. The average Bonchev–Trinajstić information content (AvgIpc) is 4.13. The Labute approximate surface area is 381 Å². The smallest absolute Gasteiger partial charge is 0.407 e. The van der Waals surface area contributed by atoms with E-state index in [-0.39, 0.29) is 52.2 Å². The number of rotatable bonds is 11. The van der Waals surface area contributed by atoms with Gasteiger partial charge in [0.1, 0.15) is 35.0 Å². The molecule has 351 valence electrons. The van der Waals surface area contributed by atoms with Crippen LogP contribution in [0.4, 0.5) is 33.7 Å². The summed E-state index contributed by atoms with van der Waals surface area (Å²) in [4.78, 5) is 62.3. The van der Waals surface area contributed by atoms with Gasteiger partial charge in [-0.25, -0.2) is 32.3 Å². The van der Waals surface area contributed by atoms with Crippen molar-refractivity contribution < 1.29 is 36.7 Å². The van der Waals surface area contributed by atoms with Crippen LogP contribution in [0.25, 0.3) is 22.1 Å². The zero-order chi connectivity index (χ0) is 46.6. The fourth-order valence-electron chi connectivity index (χ4n) is 10.8. The lowest BCUT2D eigenvalue weighted by molar-refractivity contribution is -0.135. The first-order valence-corrected chi connectivity index (χ1v) is 23.4. The highest BCUT2D eigenvalue weighted by molar-refractivity contribution is 5.87. The van der Waals surface area contributed by atoms with Gasteiger partial charge in [0.2, 0.25) is 11.8 Å². The third kappa shape index (κ3) is 8.53. The molecule has 0 aliphatic carbocycles. The molecule has 5 aromatic rings. The quantitative estimate of drug-likeness (QED) is 0.111. The predicted octanol–water partition coefficient (Wildman–Crippen LogP) is 9.64. The summed E-state index contributed by atoms with van der Waals surface area (Å²) >= 11 is 0. The number of carbonyl (C=O) groups excluding carboxylic acids is 3. The van der Waals surface area contributed by atoms with Crippen molar-refractivity contribution in [1.29, 1.82) is 0 Å². The van der Waals surface area contributed by atoms with Crippen LogP contribution < -0.4 is 15.1 Å². The van der Waals surface area contributed by atoms with E-state index in [1.54, 1.807) is 38.2 Å². The molecule has 17 heteroatoms. The molecule has 0 unspecified atom stereocenters. The number of methoxy groups -OCH3 is 1. The van der Waals surface area contributed by atoms with Gasteiger partial charge < -0.3 is 39.6 Å². The van der Waals surface area contributed by atoms with Gasteiger partial charge in [-0.15, -0.1) is 0 Å². The number of carbonyl (C=O) groups is 3. The number of aromatic amines is 2. The SMILES string of the molecule is COC(=O)N[C@H](C(=O)N1CCC[C@H]1c1nc2cc([C@H]3CC[C@H](c4cc5nc([C@@H]6CCCN6C(=O)[CH]C(C)C)[nH]c5cc4F)N3c3cc(F)c(N4CCCCC4)c(F)c3)c(F)cc2[nH]1)C(C)C. The summed E-state index contributed by atoms with van der Waals surface area (Å²) in [5, 5.41) is 2.65. The van der Waals surface area contributed by atoms with Gasteiger partial charge in [-0.1, -0.05) is 27.7 Å². The van der Waals surface area contributed by atoms with Crippen molar-refractivity contribution in [3.63, 3.8) is 0 Å². The van der Waals surface area contributed by atoms with Crippen molar-refractivity contribution in [2.45, 2.75) is 116 Å². The third-order valence-electron chi connectivity index (χ3n) is 13.9. The lowest BCUT2D eigenvalue weighted by atomic mass is 10.0. The molecule has 0 spiro atoms. The van der Waals surface area contributed by atoms with Gasteiger partial charge in [-0.2, -0.15) is 0 Å². The number of piperidine rings is 1. The Morgan fingerprint density at radius 2 is 1.21 bits per heavy atom. The van der Waals surface area contributed by atoms with Gasteiger partial charge in [0.25, 0.3) is 0 Å². The third-order valence-corrected chi connectivity index (χ3v) is 13.9. The molecule has 4 aliphatic rings. The van der Waals surface area contributed by atoms with E-state index in [0.29, 0.717) is 92.0 Å². The van der Waals surface area contributed by atoms with Crippen LogP contribution in [-0.4, -0.2) is 87.0 Å². The molecule has 3 amide bonds. The summed E-state index contributed by atoms with van der Waals surface area (Å²) in [6, 6.07) is 5.37. The summed E-state index contributed by atoms with van der Waals surface area (Å²) in [7, 11) is 1.24. The molecule has 4 fully saturated rings. The Hall–Kier alpha value is -5.87. The standard InChI is InChI=1S/C49H58F4N9O4/c1-26(2)19-43(63)60-17-9-11-41(60)46-54-35-22-29(31(50)24-37(35)56-46)39-13-14-40(62(39)28-20-33(52)45(34(53)21-28)59-15-7-6-8-16-59)30-23-36-38(25-32(30)51)57-47(55-36)42-12-10-18-61(42)48(64)44(27(3)4)58-49(65)66-5/h19-27,39-42,44H,6-18H2,1-5H3,(H,54,56)(H,55,57)(H,58,65)/t39-,40-,41+,42+,44+/m1/s1. The summed E-state index contributed by atoms with van der Waals surface area (Å²) in [5.74, 6) is -2.14. The number of benzene rings is 3. The first kappa shape index (κ1) is 45.3. The van der Waals surface area contributed by atoms with Crippen molar-refractivity contribution >= 4 is 51.3 Å². The maximum Gasteiger partial charge on any atom is 0.407 e. The number of fused-ring (bicyclic) bond motifs is 2.